The molecule has 5 heteroatoms. The summed E-state index contributed by atoms with van der Waals surface area (Å²) in [5.74, 6) is 1.02. The Morgan fingerprint density at radius 1 is 1.40 bits per heavy atom. The summed E-state index contributed by atoms with van der Waals surface area (Å²) in [4.78, 5) is 4.54. The van der Waals surface area contributed by atoms with Crippen molar-refractivity contribution in [2.24, 2.45) is 0 Å². The third-order valence-electron chi connectivity index (χ3n) is 5.09. The average Bonchev–Trinajstić information content (AvgIpc) is 3.05. The Labute approximate surface area is 150 Å². The Hall–Kier alpha value is -2.30. The van der Waals surface area contributed by atoms with E-state index in [9.17, 15) is 0 Å². The summed E-state index contributed by atoms with van der Waals surface area (Å²) in [6, 6.07) is 6.68. The number of nitrogens with one attached hydrogen (secondary N) is 2. The van der Waals surface area contributed by atoms with Gasteiger partial charge in [-0.25, -0.2) is 4.68 Å². The highest BCUT2D eigenvalue weighted by Gasteiger charge is 2.36. The minimum Gasteiger partial charge on any atom is -0.382 e. The number of aromatic nitrogens is 3. The van der Waals surface area contributed by atoms with Crippen LogP contribution in [0.2, 0.25) is 0 Å². The molecule has 1 aliphatic rings. The third-order valence-corrected chi connectivity index (χ3v) is 5.09. The number of hydrogen-bond donors (Lipinski definition) is 2. The van der Waals surface area contributed by atoms with E-state index in [0.717, 1.165) is 42.0 Å². The lowest BCUT2D eigenvalue weighted by Gasteiger charge is -2.38. The number of pyridine rings is 1. The number of anilines is 1. The van der Waals surface area contributed by atoms with Crippen LogP contribution in [0.15, 0.2) is 37.2 Å². The van der Waals surface area contributed by atoms with Gasteiger partial charge in [-0.3, -0.25) is 4.98 Å². The summed E-state index contributed by atoms with van der Waals surface area (Å²) in [7, 11) is 0. The zero-order chi connectivity index (χ0) is 18.0. The van der Waals surface area contributed by atoms with Crippen LogP contribution in [0, 0.1) is 0 Å². The van der Waals surface area contributed by atoms with Crippen LogP contribution >= 0.6 is 0 Å². The molecule has 134 valence electrons. The topological polar surface area (TPSA) is 54.8 Å². The number of fused-ring (bicyclic) bond motifs is 1. The fourth-order valence-electron chi connectivity index (χ4n) is 3.55. The molecule has 0 aliphatic carbocycles. The Balaban J connectivity index is 1.92. The van der Waals surface area contributed by atoms with Crippen molar-refractivity contribution < 1.29 is 0 Å². The first-order chi connectivity index (χ1) is 12.0. The van der Waals surface area contributed by atoms with E-state index >= 15 is 0 Å². The van der Waals surface area contributed by atoms with Crippen molar-refractivity contribution in [1.82, 2.24) is 20.1 Å². The molecule has 2 N–H and O–H groups in total. The molecule has 5 nitrogen and oxygen atoms in total. The lowest BCUT2D eigenvalue weighted by Crippen LogP contribution is -2.38. The Morgan fingerprint density at radius 2 is 2.16 bits per heavy atom. The fourth-order valence-corrected chi connectivity index (χ4v) is 3.55. The molecule has 0 amide bonds. The second-order valence-corrected chi connectivity index (χ2v) is 7.42. The second kappa shape index (κ2) is 6.90. The monoisotopic (exact) mass is 339 g/mol. The van der Waals surface area contributed by atoms with Gasteiger partial charge in [0.05, 0.1) is 29.0 Å². The van der Waals surface area contributed by atoms with E-state index in [4.69, 9.17) is 0 Å². The van der Waals surface area contributed by atoms with Crippen LogP contribution in [0.25, 0.3) is 5.70 Å². The zero-order valence-electron chi connectivity index (χ0n) is 15.7. The van der Waals surface area contributed by atoms with Crippen molar-refractivity contribution in [1.29, 1.82) is 0 Å². The summed E-state index contributed by atoms with van der Waals surface area (Å²) in [6.45, 7) is 13.1. The van der Waals surface area contributed by atoms with Crippen LogP contribution in [0.3, 0.4) is 0 Å². The molecule has 0 aromatic carbocycles. The summed E-state index contributed by atoms with van der Waals surface area (Å²) >= 11 is 0. The molecular formula is C20H29N5. The SMILES string of the molecule is C=C(NC(CC)CC)c1cnn2c1NC(c1ccccn1)CC2(C)C. The van der Waals surface area contributed by atoms with Crippen LogP contribution < -0.4 is 10.6 Å². The first kappa shape index (κ1) is 17.5. The smallest absolute Gasteiger partial charge is 0.134 e. The molecule has 0 spiro atoms. The molecule has 0 saturated carbocycles. The van der Waals surface area contributed by atoms with Gasteiger partial charge in [0.15, 0.2) is 0 Å². The van der Waals surface area contributed by atoms with Gasteiger partial charge in [-0.15, -0.1) is 0 Å². The van der Waals surface area contributed by atoms with E-state index in [1.54, 1.807) is 0 Å². The van der Waals surface area contributed by atoms with Gasteiger partial charge in [0.1, 0.15) is 5.82 Å². The first-order valence-corrected chi connectivity index (χ1v) is 9.18. The van der Waals surface area contributed by atoms with Crippen LogP contribution in [-0.4, -0.2) is 20.8 Å². The first-order valence-electron chi connectivity index (χ1n) is 9.18. The minimum atomic E-state index is -0.0871. The molecule has 3 rings (SSSR count). The lowest BCUT2D eigenvalue weighted by molar-refractivity contribution is 0.262. The predicted molar refractivity (Wildman–Crippen MR) is 103 cm³/mol. The summed E-state index contributed by atoms with van der Waals surface area (Å²) in [5, 5.41) is 11.8. The Bertz CT molecular complexity index is 728. The molecule has 2 aromatic rings. The quantitative estimate of drug-likeness (QED) is 0.823. The average molecular weight is 339 g/mol. The number of hydrogen-bond acceptors (Lipinski definition) is 4. The van der Waals surface area contributed by atoms with Crippen LogP contribution in [-0.2, 0) is 5.54 Å². The molecule has 1 aliphatic heterocycles. The maximum atomic E-state index is 4.65. The van der Waals surface area contributed by atoms with E-state index in [1.165, 1.54) is 0 Å². The van der Waals surface area contributed by atoms with Gasteiger partial charge < -0.3 is 10.6 Å². The number of rotatable bonds is 6. The van der Waals surface area contributed by atoms with E-state index in [-0.39, 0.29) is 11.6 Å². The molecule has 3 heterocycles. The van der Waals surface area contributed by atoms with Gasteiger partial charge in [0.2, 0.25) is 0 Å². The Kier molecular flexibility index (Phi) is 4.84. The van der Waals surface area contributed by atoms with Crippen molar-refractivity contribution in [2.45, 2.75) is 64.6 Å². The van der Waals surface area contributed by atoms with Gasteiger partial charge in [0.25, 0.3) is 0 Å². The zero-order valence-corrected chi connectivity index (χ0v) is 15.7. The molecule has 0 radical (unpaired) electrons. The van der Waals surface area contributed by atoms with Crippen molar-refractivity contribution in [3.8, 4) is 0 Å². The Morgan fingerprint density at radius 3 is 2.80 bits per heavy atom. The summed E-state index contributed by atoms with van der Waals surface area (Å²) in [5.41, 5.74) is 2.95. The van der Waals surface area contributed by atoms with Crippen molar-refractivity contribution in [3.05, 3.63) is 48.4 Å². The fraction of sp³-hybridized carbons (Fsp3) is 0.500. The van der Waals surface area contributed by atoms with E-state index in [1.807, 2.05) is 24.5 Å². The van der Waals surface area contributed by atoms with Gasteiger partial charge in [-0.05, 0) is 45.2 Å². The lowest BCUT2D eigenvalue weighted by atomic mass is 9.91. The molecule has 2 aromatic heterocycles. The molecule has 0 fully saturated rings. The van der Waals surface area contributed by atoms with E-state index < -0.39 is 0 Å². The molecule has 1 unspecified atom stereocenters. The van der Waals surface area contributed by atoms with Crippen LogP contribution in [0.1, 0.15) is 64.3 Å². The van der Waals surface area contributed by atoms with Crippen molar-refractivity contribution in [2.75, 3.05) is 5.32 Å². The van der Waals surface area contributed by atoms with E-state index in [2.05, 4.69) is 65.7 Å². The molecule has 0 bridgehead atoms. The maximum Gasteiger partial charge on any atom is 0.134 e. The molecular weight excluding hydrogens is 310 g/mol. The van der Waals surface area contributed by atoms with Gasteiger partial charge in [0, 0.05) is 17.9 Å². The maximum absolute atomic E-state index is 4.65. The van der Waals surface area contributed by atoms with Crippen molar-refractivity contribution >= 4 is 11.5 Å². The van der Waals surface area contributed by atoms with Gasteiger partial charge in [-0.1, -0.05) is 26.5 Å². The largest absolute Gasteiger partial charge is 0.382 e. The molecule has 1 atom stereocenters. The highest BCUT2D eigenvalue weighted by molar-refractivity contribution is 5.72. The summed E-state index contributed by atoms with van der Waals surface area (Å²) in [6.07, 6.45) is 6.86. The standard InChI is InChI=1S/C20H29N5/c1-6-15(7-2)23-14(3)16-13-22-25-19(16)24-18(12-20(25,4)5)17-10-8-9-11-21-17/h8-11,13,15,18,23-24H,3,6-7,12H2,1-2,4-5H3. The third kappa shape index (κ3) is 3.41. The summed E-state index contributed by atoms with van der Waals surface area (Å²) < 4.78 is 2.08. The normalized spacial score (nSPS) is 18.5. The number of nitrogens with zero attached hydrogens (tertiary/aromatic N) is 3. The van der Waals surface area contributed by atoms with Gasteiger partial charge >= 0.3 is 0 Å². The van der Waals surface area contributed by atoms with Crippen molar-refractivity contribution in [3.63, 3.8) is 0 Å². The van der Waals surface area contributed by atoms with E-state index in [0.29, 0.717) is 6.04 Å². The minimum absolute atomic E-state index is 0.0871. The van der Waals surface area contributed by atoms with Crippen LogP contribution in [0.5, 0.6) is 0 Å². The second-order valence-electron chi connectivity index (χ2n) is 7.42. The van der Waals surface area contributed by atoms with Gasteiger partial charge in [-0.2, -0.15) is 5.10 Å². The molecule has 25 heavy (non-hydrogen) atoms. The highest BCUT2D eigenvalue weighted by atomic mass is 15.4. The van der Waals surface area contributed by atoms with Crippen LogP contribution in [0.4, 0.5) is 5.82 Å². The predicted octanol–water partition coefficient (Wildman–Crippen LogP) is 4.32. The molecule has 0 saturated heterocycles. The highest BCUT2D eigenvalue weighted by Crippen LogP contribution is 2.40.